The highest BCUT2D eigenvalue weighted by Crippen LogP contribution is 2.26. The van der Waals surface area contributed by atoms with Crippen molar-refractivity contribution in [1.29, 1.82) is 0 Å². The van der Waals surface area contributed by atoms with Crippen LogP contribution in [0.1, 0.15) is 29.3 Å². The molecule has 3 rings (SSSR count). The van der Waals surface area contributed by atoms with E-state index in [4.69, 9.17) is 18.6 Å². The van der Waals surface area contributed by atoms with E-state index in [0.717, 1.165) is 23.8 Å². The molecule has 6 heteroatoms. The maximum absolute atomic E-state index is 12.5. The molecule has 1 aromatic heterocycles. The molecule has 0 aliphatic heterocycles. The highest BCUT2D eigenvalue weighted by molar-refractivity contribution is 6.00. The first-order chi connectivity index (χ1) is 13.5. The largest absolute Gasteiger partial charge is 0.497 e. The Balaban J connectivity index is 1.80. The first kappa shape index (κ1) is 19.5. The number of hydrogen-bond acceptors (Lipinski definition) is 6. The molecule has 0 atom stereocenters. The van der Waals surface area contributed by atoms with Crippen molar-refractivity contribution in [3.63, 3.8) is 0 Å². The Hall–Kier alpha value is -3.28. The summed E-state index contributed by atoms with van der Waals surface area (Å²) in [5, 5.41) is 0.872. The molecular formula is C22H22O6. The van der Waals surface area contributed by atoms with Crippen molar-refractivity contribution in [3.05, 3.63) is 64.0 Å². The first-order valence-electron chi connectivity index (χ1n) is 9.00. The second-order valence-electron chi connectivity index (χ2n) is 6.28. The van der Waals surface area contributed by atoms with Gasteiger partial charge in [0.1, 0.15) is 22.8 Å². The van der Waals surface area contributed by atoms with Crippen molar-refractivity contribution >= 4 is 16.8 Å². The number of hydrogen-bond donors (Lipinski definition) is 0. The van der Waals surface area contributed by atoms with Crippen LogP contribution in [0.3, 0.4) is 0 Å². The number of benzene rings is 2. The van der Waals surface area contributed by atoms with Crippen molar-refractivity contribution in [2.75, 3.05) is 20.8 Å². The Kier molecular flexibility index (Phi) is 5.99. The quantitative estimate of drug-likeness (QED) is 0.433. The minimum atomic E-state index is -0.396. The lowest BCUT2D eigenvalue weighted by Crippen LogP contribution is -2.13. The van der Waals surface area contributed by atoms with Crippen LogP contribution < -0.4 is 19.8 Å². The molecule has 0 aliphatic carbocycles. The molecule has 0 bridgehead atoms. The molecule has 1 heterocycles. The molecule has 0 unspecified atom stereocenters. The number of rotatable bonds is 8. The number of fused-ring (bicyclic) bond motifs is 1. The summed E-state index contributed by atoms with van der Waals surface area (Å²) in [6.07, 6.45) is 1.72. The van der Waals surface area contributed by atoms with Gasteiger partial charge in [0.25, 0.3) is 0 Å². The van der Waals surface area contributed by atoms with Gasteiger partial charge in [-0.15, -0.1) is 0 Å². The van der Waals surface area contributed by atoms with Crippen LogP contribution in [0, 0.1) is 0 Å². The van der Waals surface area contributed by atoms with E-state index >= 15 is 0 Å². The first-order valence-corrected chi connectivity index (χ1v) is 9.00. The highest BCUT2D eigenvalue weighted by atomic mass is 16.5. The summed E-state index contributed by atoms with van der Waals surface area (Å²) >= 11 is 0. The summed E-state index contributed by atoms with van der Waals surface area (Å²) < 4.78 is 21.3. The second kappa shape index (κ2) is 8.61. The Morgan fingerprint density at radius 2 is 1.79 bits per heavy atom. The average Bonchev–Trinajstić information content (AvgIpc) is 2.71. The van der Waals surface area contributed by atoms with Crippen LogP contribution in [0.25, 0.3) is 11.0 Å². The standard InChI is InChI=1S/C22H22O6/c1-4-5-14-10-22(24)28-21-12-16(7-8-17(14)21)27-13-19(23)18-9-6-15(25-2)11-20(18)26-3/h6-12H,4-5,13H2,1-3H3. The number of methoxy groups -OCH3 is 2. The summed E-state index contributed by atoms with van der Waals surface area (Å²) in [6.45, 7) is 1.88. The van der Waals surface area contributed by atoms with Crippen LogP contribution in [0.4, 0.5) is 0 Å². The molecule has 0 spiro atoms. The fourth-order valence-electron chi connectivity index (χ4n) is 3.03. The molecule has 0 saturated carbocycles. The number of carbonyl (C=O) groups excluding carboxylic acids is 1. The summed E-state index contributed by atoms with van der Waals surface area (Å²) in [5.41, 5.74) is 1.40. The third kappa shape index (κ3) is 4.17. The Labute approximate surface area is 162 Å². The highest BCUT2D eigenvalue weighted by Gasteiger charge is 2.15. The maximum Gasteiger partial charge on any atom is 0.336 e. The van der Waals surface area contributed by atoms with E-state index in [1.807, 2.05) is 6.07 Å². The molecule has 0 aliphatic rings. The van der Waals surface area contributed by atoms with Crippen molar-refractivity contribution in [2.24, 2.45) is 0 Å². The molecule has 3 aromatic rings. The second-order valence-corrected chi connectivity index (χ2v) is 6.28. The molecule has 0 radical (unpaired) electrons. The van der Waals surface area contributed by atoms with Crippen molar-refractivity contribution in [2.45, 2.75) is 19.8 Å². The summed E-state index contributed by atoms with van der Waals surface area (Å²) in [4.78, 5) is 24.3. The summed E-state index contributed by atoms with van der Waals surface area (Å²) in [6, 6.07) is 11.7. The van der Waals surface area contributed by atoms with Gasteiger partial charge >= 0.3 is 5.63 Å². The van der Waals surface area contributed by atoms with E-state index < -0.39 is 5.63 Å². The Morgan fingerprint density at radius 1 is 1.00 bits per heavy atom. The predicted octanol–water partition coefficient (Wildman–Crippen LogP) is 4.02. The van der Waals surface area contributed by atoms with Gasteiger partial charge in [0.2, 0.25) is 5.78 Å². The van der Waals surface area contributed by atoms with E-state index in [1.54, 1.807) is 37.4 Å². The maximum atomic E-state index is 12.5. The lowest BCUT2D eigenvalue weighted by molar-refractivity contribution is 0.0918. The number of aryl methyl sites for hydroxylation is 1. The van der Waals surface area contributed by atoms with E-state index in [2.05, 4.69) is 6.92 Å². The van der Waals surface area contributed by atoms with Crippen LogP contribution in [0.2, 0.25) is 0 Å². The van der Waals surface area contributed by atoms with Crippen molar-refractivity contribution in [3.8, 4) is 17.2 Å². The molecule has 0 amide bonds. The van der Waals surface area contributed by atoms with Gasteiger partial charge in [0, 0.05) is 23.6 Å². The van der Waals surface area contributed by atoms with E-state index in [9.17, 15) is 9.59 Å². The normalized spacial score (nSPS) is 10.7. The Bertz CT molecular complexity index is 1050. The molecule has 0 fully saturated rings. The SMILES string of the molecule is CCCc1cc(=O)oc2cc(OCC(=O)c3ccc(OC)cc3OC)ccc12. The molecule has 6 nitrogen and oxygen atoms in total. The number of Topliss-reactive ketones (excluding diaryl/α,β-unsaturated/α-hetero) is 1. The molecule has 146 valence electrons. The van der Waals surface area contributed by atoms with Crippen LogP contribution in [0.5, 0.6) is 17.2 Å². The summed E-state index contributed by atoms with van der Waals surface area (Å²) in [5.74, 6) is 1.23. The van der Waals surface area contributed by atoms with Crippen LogP contribution in [0.15, 0.2) is 51.7 Å². The smallest absolute Gasteiger partial charge is 0.336 e. The zero-order valence-electron chi connectivity index (χ0n) is 16.1. The summed E-state index contributed by atoms with van der Waals surface area (Å²) in [7, 11) is 3.04. The lowest BCUT2D eigenvalue weighted by Gasteiger charge is -2.11. The van der Waals surface area contributed by atoms with Gasteiger partial charge in [-0.3, -0.25) is 4.79 Å². The van der Waals surface area contributed by atoms with Gasteiger partial charge in [0.05, 0.1) is 19.8 Å². The van der Waals surface area contributed by atoms with Gasteiger partial charge in [-0.25, -0.2) is 4.79 Å². The third-order valence-electron chi connectivity index (χ3n) is 4.40. The van der Waals surface area contributed by atoms with Crippen LogP contribution in [-0.2, 0) is 6.42 Å². The number of carbonyl (C=O) groups is 1. The van der Waals surface area contributed by atoms with Gasteiger partial charge in [-0.2, -0.15) is 0 Å². The predicted molar refractivity (Wildman–Crippen MR) is 106 cm³/mol. The molecule has 0 saturated heterocycles. The third-order valence-corrected chi connectivity index (χ3v) is 4.40. The molecule has 2 aromatic carbocycles. The van der Waals surface area contributed by atoms with Gasteiger partial charge < -0.3 is 18.6 Å². The zero-order chi connectivity index (χ0) is 20.1. The van der Waals surface area contributed by atoms with Gasteiger partial charge in [-0.1, -0.05) is 13.3 Å². The van der Waals surface area contributed by atoms with Crippen LogP contribution in [-0.4, -0.2) is 26.6 Å². The minimum absolute atomic E-state index is 0.174. The zero-order valence-corrected chi connectivity index (χ0v) is 16.1. The molecule has 28 heavy (non-hydrogen) atoms. The fourth-order valence-corrected chi connectivity index (χ4v) is 3.03. The lowest BCUT2D eigenvalue weighted by atomic mass is 10.1. The van der Waals surface area contributed by atoms with Crippen molar-refractivity contribution < 1.29 is 23.4 Å². The minimum Gasteiger partial charge on any atom is -0.497 e. The van der Waals surface area contributed by atoms with E-state index in [0.29, 0.717) is 28.4 Å². The monoisotopic (exact) mass is 382 g/mol. The van der Waals surface area contributed by atoms with Gasteiger partial charge in [-0.05, 0) is 36.2 Å². The topological polar surface area (TPSA) is 75.0 Å². The Morgan fingerprint density at radius 3 is 2.50 bits per heavy atom. The van der Waals surface area contributed by atoms with Gasteiger partial charge in [0.15, 0.2) is 6.61 Å². The molecule has 0 N–H and O–H groups in total. The van der Waals surface area contributed by atoms with E-state index in [1.165, 1.54) is 13.2 Å². The number of ketones is 1. The molecular weight excluding hydrogens is 360 g/mol. The van der Waals surface area contributed by atoms with Crippen LogP contribution >= 0.6 is 0 Å². The average molecular weight is 382 g/mol. The number of ether oxygens (including phenoxy) is 3. The van der Waals surface area contributed by atoms with E-state index in [-0.39, 0.29) is 12.4 Å². The fraction of sp³-hybridized carbons (Fsp3) is 0.273. The van der Waals surface area contributed by atoms with Crippen molar-refractivity contribution in [1.82, 2.24) is 0 Å².